The largest absolute Gasteiger partial charge is 0.283 e. The fourth-order valence-corrected chi connectivity index (χ4v) is 2.51. The number of nitrogens with zero attached hydrogens (tertiary/aromatic N) is 4. The van der Waals surface area contributed by atoms with E-state index in [1.165, 1.54) is 6.07 Å². The molecule has 1 aliphatic heterocycles. The number of benzene rings is 2. The third kappa shape index (κ3) is 1.86. The standard InChI is InChI=1S/C16H10FN4/c17-13-7-3-1-5-11(13)16-12-6-2-4-8-14(12)21-10-19-20-15(21)9-18-16/h1,3-8,10H,9H2. The smallest absolute Gasteiger partial charge is 0.159 e. The second kappa shape index (κ2) is 4.63. The molecule has 1 radical (unpaired) electrons. The Morgan fingerprint density at radius 1 is 1.14 bits per heavy atom. The van der Waals surface area contributed by atoms with Crippen molar-refractivity contribution in [3.8, 4) is 5.69 Å². The molecule has 101 valence electrons. The quantitative estimate of drug-likeness (QED) is 0.686. The van der Waals surface area contributed by atoms with Crippen LogP contribution in [0.5, 0.6) is 0 Å². The number of aliphatic imine (C=N–C) groups is 1. The van der Waals surface area contributed by atoms with Gasteiger partial charge in [-0.3, -0.25) is 9.56 Å². The third-order valence-electron chi connectivity index (χ3n) is 3.48. The van der Waals surface area contributed by atoms with E-state index < -0.39 is 0 Å². The van der Waals surface area contributed by atoms with Gasteiger partial charge in [-0.15, -0.1) is 10.2 Å². The molecule has 0 saturated carbocycles. The number of fused-ring (bicyclic) bond motifs is 3. The molecule has 0 bridgehead atoms. The predicted molar refractivity (Wildman–Crippen MR) is 75.9 cm³/mol. The van der Waals surface area contributed by atoms with Gasteiger partial charge in [0, 0.05) is 11.1 Å². The molecule has 3 aromatic rings. The zero-order valence-corrected chi connectivity index (χ0v) is 11.0. The first-order valence-corrected chi connectivity index (χ1v) is 6.53. The highest BCUT2D eigenvalue weighted by atomic mass is 19.1. The first-order chi connectivity index (χ1) is 10.3. The van der Waals surface area contributed by atoms with Gasteiger partial charge < -0.3 is 0 Å². The molecule has 0 spiro atoms. The lowest BCUT2D eigenvalue weighted by Crippen LogP contribution is -2.08. The molecular weight excluding hydrogens is 267 g/mol. The Kier molecular flexibility index (Phi) is 2.64. The normalized spacial score (nSPS) is 13.1. The number of halogens is 1. The number of hydrogen-bond donors (Lipinski definition) is 0. The van der Waals surface area contributed by atoms with Gasteiger partial charge in [-0.1, -0.05) is 18.2 Å². The molecule has 0 unspecified atom stereocenters. The molecule has 21 heavy (non-hydrogen) atoms. The summed E-state index contributed by atoms with van der Waals surface area (Å²) in [5.74, 6) is 0.442. The first-order valence-electron chi connectivity index (χ1n) is 6.53. The van der Waals surface area contributed by atoms with Crippen molar-refractivity contribution in [1.29, 1.82) is 0 Å². The van der Waals surface area contributed by atoms with Crippen LogP contribution in [0, 0.1) is 11.9 Å². The average molecular weight is 277 g/mol. The lowest BCUT2D eigenvalue weighted by atomic mass is 10.00. The van der Waals surface area contributed by atoms with E-state index in [0.29, 0.717) is 17.8 Å². The van der Waals surface area contributed by atoms with Crippen LogP contribution in [-0.4, -0.2) is 20.5 Å². The van der Waals surface area contributed by atoms with Gasteiger partial charge >= 0.3 is 0 Å². The van der Waals surface area contributed by atoms with Crippen LogP contribution in [0.3, 0.4) is 0 Å². The maximum absolute atomic E-state index is 14.1. The van der Waals surface area contributed by atoms with Gasteiger partial charge in [0.2, 0.25) is 0 Å². The zero-order chi connectivity index (χ0) is 14.2. The first kappa shape index (κ1) is 12.0. The molecule has 0 fully saturated rings. The van der Waals surface area contributed by atoms with Gasteiger partial charge in [0.1, 0.15) is 18.7 Å². The summed E-state index contributed by atoms with van der Waals surface area (Å²) in [7, 11) is 0. The van der Waals surface area contributed by atoms with E-state index in [1.54, 1.807) is 24.5 Å². The van der Waals surface area contributed by atoms with Crippen molar-refractivity contribution in [2.75, 3.05) is 0 Å². The molecule has 1 aliphatic rings. The number of aromatic nitrogens is 3. The molecule has 4 rings (SSSR count). The lowest BCUT2D eigenvalue weighted by molar-refractivity contribution is 0.625. The summed E-state index contributed by atoms with van der Waals surface area (Å²) in [6.45, 7) is 0.359. The van der Waals surface area contributed by atoms with E-state index in [-0.39, 0.29) is 5.82 Å². The van der Waals surface area contributed by atoms with E-state index in [2.05, 4.69) is 21.3 Å². The van der Waals surface area contributed by atoms with E-state index >= 15 is 0 Å². The van der Waals surface area contributed by atoms with E-state index in [1.807, 2.05) is 22.8 Å². The van der Waals surface area contributed by atoms with Gasteiger partial charge in [-0.2, -0.15) is 0 Å². The minimum Gasteiger partial charge on any atom is -0.283 e. The van der Waals surface area contributed by atoms with Crippen LogP contribution < -0.4 is 0 Å². The van der Waals surface area contributed by atoms with Crippen molar-refractivity contribution in [3.63, 3.8) is 0 Å². The fraction of sp³-hybridized carbons (Fsp3) is 0.0625. The maximum Gasteiger partial charge on any atom is 0.159 e. The monoisotopic (exact) mass is 277 g/mol. The predicted octanol–water partition coefficient (Wildman–Crippen LogP) is 2.56. The average Bonchev–Trinajstić information content (AvgIpc) is 2.92. The van der Waals surface area contributed by atoms with Gasteiger partial charge in [0.25, 0.3) is 0 Å². The second-order valence-electron chi connectivity index (χ2n) is 4.71. The van der Waals surface area contributed by atoms with Crippen LogP contribution in [0.1, 0.15) is 17.0 Å². The topological polar surface area (TPSA) is 43.1 Å². The van der Waals surface area contributed by atoms with Crippen molar-refractivity contribution >= 4 is 5.71 Å². The second-order valence-corrected chi connectivity index (χ2v) is 4.71. The highest BCUT2D eigenvalue weighted by Crippen LogP contribution is 2.24. The molecule has 0 atom stereocenters. The van der Waals surface area contributed by atoms with Gasteiger partial charge in [-0.05, 0) is 30.3 Å². The molecule has 5 heteroatoms. The number of hydrogen-bond acceptors (Lipinski definition) is 3. The van der Waals surface area contributed by atoms with Crippen LogP contribution in [0.4, 0.5) is 4.39 Å². The van der Waals surface area contributed by atoms with Crippen molar-refractivity contribution < 1.29 is 4.39 Å². The van der Waals surface area contributed by atoms with Crippen LogP contribution in [0.15, 0.2) is 53.8 Å². The maximum atomic E-state index is 14.1. The van der Waals surface area contributed by atoms with E-state index in [9.17, 15) is 4.39 Å². The number of rotatable bonds is 1. The zero-order valence-electron chi connectivity index (χ0n) is 11.0. The van der Waals surface area contributed by atoms with Crippen molar-refractivity contribution in [1.82, 2.24) is 14.8 Å². The molecule has 0 N–H and O–H groups in total. The highest BCUT2D eigenvalue weighted by Gasteiger charge is 2.20. The molecule has 2 heterocycles. The van der Waals surface area contributed by atoms with Gasteiger partial charge in [0.15, 0.2) is 5.82 Å². The Morgan fingerprint density at radius 3 is 2.95 bits per heavy atom. The Hall–Kier alpha value is -2.82. The summed E-state index contributed by atoms with van der Waals surface area (Å²) in [6, 6.07) is 15.2. The van der Waals surface area contributed by atoms with Gasteiger partial charge in [0.05, 0.1) is 11.4 Å². The molecular formula is C16H10FN4. The Bertz CT molecular complexity index is 851. The van der Waals surface area contributed by atoms with Crippen LogP contribution in [0.25, 0.3) is 5.69 Å². The summed E-state index contributed by atoms with van der Waals surface area (Å²) in [5.41, 5.74) is 2.80. The highest BCUT2D eigenvalue weighted by molar-refractivity contribution is 6.15. The Morgan fingerprint density at radius 2 is 2.05 bits per heavy atom. The minimum absolute atomic E-state index is 0.288. The summed E-state index contributed by atoms with van der Waals surface area (Å²) in [6.07, 6.45) is 1.65. The van der Waals surface area contributed by atoms with Crippen LogP contribution >= 0.6 is 0 Å². The van der Waals surface area contributed by atoms with Crippen molar-refractivity contribution in [2.24, 2.45) is 4.99 Å². The lowest BCUT2D eigenvalue weighted by Gasteiger charge is -2.11. The van der Waals surface area contributed by atoms with E-state index in [4.69, 9.17) is 0 Å². The summed E-state index contributed by atoms with van der Waals surface area (Å²) in [4.78, 5) is 4.54. The third-order valence-corrected chi connectivity index (χ3v) is 3.48. The molecule has 2 aromatic carbocycles. The van der Waals surface area contributed by atoms with Crippen LogP contribution in [0.2, 0.25) is 0 Å². The molecule has 0 amide bonds. The Labute approximate surface area is 120 Å². The van der Waals surface area contributed by atoms with Crippen molar-refractivity contribution in [3.05, 3.63) is 77.6 Å². The van der Waals surface area contributed by atoms with Crippen molar-refractivity contribution in [2.45, 2.75) is 6.54 Å². The fourth-order valence-electron chi connectivity index (χ4n) is 2.51. The summed E-state index contributed by atoms with van der Waals surface area (Å²) < 4.78 is 16.0. The summed E-state index contributed by atoms with van der Waals surface area (Å²) >= 11 is 0. The molecule has 4 nitrogen and oxygen atoms in total. The van der Waals surface area contributed by atoms with Crippen LogP contribution in [-0.2, 0) is 6.54 Å². The molecule has 0 aliphatic carbocycles. The SMILES string of the molecule is Fc1ccccc1C1=NCc2nncn2-c2cc[c]cc21. The molecule has 0 saturated heterocycles. The van der Waals surface area contributed by atoms with Gasteiger partial charge in [-0.25, -0.2) is 4.39 Å². The molecule has 1 aromatic heterocycles. The van der Waals surface area contributed by atoms with E-state index in [0.717, 1.165) is 17.1 Å². The Balaban J connectivity index is 1.99. The summed E-state index contributed by atoms with van der Waals surface area (Å²) in [5, 5.41) is 7.99. The minimum atomic E-state index is -0.288.